The van der Waals surface area contributed by atoms with Gasteiger partial charge in [0.05, 0.1) is 17.1 Å². The number of anilines is 3. The molecule has 49 heavy (non-hydrogen) atoms. The van der Waals surface area contributed by atoms with Crippen molar-refractivity contribution >= 4 is 55.8 Å². The largest absolute Gasteiger partial charge is 0.454 e. The first-order chi connectivity index (χ1) is 24.1. The third-order valence-corrected chi connectivity index (χ3v) is 10.9. The third kappa shape index (κ3) is 4.14. The van der Waals surface area contributed by atoms with Gasteiger partial charge in [-0.15, -0.1) is 0 Å². The van der Waals surface area contributed by atoms with Crippen molar-refractivity contribution in [2.45, 2.75) is 32.1 Å². The lowest BCUT2D eigenvalue weighted by Crippen LogP contribution is -2.16. The van der Waals surface area contributed by atoms with Crippen LogP contribution in [0.3, 0.4) is 0 Å². The smallest absolute Gasteiger partial charge is 0.159 e. The van der Waals surface area contributed by atoms with Crippen LogP contribution in [0.1, 0.15) is 42.5 Å². The molecule has 0 atom stereocenters. The van der Waals surface area contributed by atoms with Gasteiger partial charge in [0.1, 0.15) is 5.58 Å². The molecule has 0 saturated heterocycles. The van der Waals surface area contributed by atoms with Gasteiger partial charge in [-0.05, 0) is 87.3 Å². The minimum atomic E-state index is -0.123. The highest BCUT2D eigenvalue weighted by atomic mass is 16.3. The zero-order valence-electron chi connectivity index (χ0n) is 27.7. The van der Waals surface area contributed by atoms with Gasteiger partial charge in [-0.25, -0.2) is 0 Å². The summed E-state index contributed by atoms with van der Waals surface area (Å²) in [5.74, 6) is 0. The molecule has 0 spiro atoms. The van der Waals surface area contributed by atoms with Gasteiger partial charge in [-0.2, -0.15) is 0 Å². The van der Waals surface area contributed by atoms with E-state index < -0.39 is 0 Å². The van der Waals surface area contributed by atoms with E-state index >= 15 is 0 Å². The maximum absolute atomic E-state index is 6.91. The fourth-order valence-corrected chi connectivity index (χ4v) is 8.55. The fraction of sp³-hybridized carbons (Fsp3) is 0.106. The molecule has 2 heteroatoms. The lowest BCUT2D eigenvalue weighted by Gasteiger charge is -2.30. The average Bonchev–Trinajstić information content (AvgIpc) is 3.65. The number of fused-ring (bicyclic) bond motifs is 9. The summed E-state index contributed by atoms with van der Waals surface area (Å²) < 4.78 is 6.91. The van der Waals surface area contributed by atoms with Crippen LogP contribution in [-0.4, -0.2) is 0 Å². The predicted octanol–water partition coefficient (Wildman–Crippen LogP) is 13.1. The molecule has 1 heterocycles. The van der Waals surface area contributed by atoms with Crippen LogP contribution < -0.4 is 4.90 Å². The minimum absolute atomic E-state index is 0.123. The van der Waals surface area contributed by atoms with E-state index in [1.54, 1.807) is 0 Å². The molecule has 0 bridgehead atoms. The molecule has 1 aromatic heterocycles. The van der Waals surface area contributed by atoms with E-state index in [0.717, 1.165) is 51.8 Å². The van der Waals surface area contributed by atoms with E-state index in [1.807, 2.05) is 0 Å². The predicted molar refractivity (Wildman–Crippen MR) is 206 cm³/mol. The summed E-state index contributed by atoms with van der Waals surface area (Å²) in [6, 6.07) is 51.1. The van der Waals surface area contributed by atoms with Crippen molar-refractivity contribution in [1.29, 1.82) is 0 Å². The standard InChI is InChI=1S/C47H35NO/c1-47(2)38-20-9-7-18-36(38)45-39(47)21-12-23-41(45)48(40-22-10-8-16-34(40)33-26-25-30-13-3-4-15-32(30)29-33)42-24-11-19-37-44-35-17-6-5-14-31(35)27-28-43(44)49-46(37)42/h4-12,14-29H,3,13H2,1-2H3. The molecule has 7 aromatic carbocycles. The summed E-state index contributed by atoms with van der Waals surface area (Å²) in [7, 11) is 0. The van der Waals surface area contributed by atoms with Crippen LogP contribution in [0.15, 0.2) is 150 Å². The first kappa shape index (κ1) is 28.2. The van der Waals surface area contributed by atoms with Gasteiger partial charge in [0, 0.05) is 27.3 Å². The second kappa shape index (κ2) is 10.6. The van der Waals surface area contributed by atoms with Gasteiger partial charge < -0.3 is 9.32 Å². The maximum atomic E-state index is 6.91. The van der Waals surface area contributed by atoms with Crippen molar-refractivity contribution in [3.63, 3.8) is 0 Å². The van der Waals surface area contributed by atoms with E-state index in [2.05, 4.69) is 170 Å². The van der Waals surface area contributed by atoms with Crippen molar-refractivity contribution in [1.82, 2.24) is 0 Å². The Labute approximate surface area is 286 Å². The van der Waals surface area contributed by atoms with Crippen molar-refractivity contribution in [3.8, 4) is 22.3 Å². The molecule has 0 amide bonds. The molecule has 234 valence electrons. The summed E-state index contributed by atoms with van der Waals surface area (Å²) in [6.07, 6.45) is 6.77. The number of furan rings is 1. The van der Waals surface area contributed by atoms with E-state index in [4.69, 9.17) is 4.42 Å². The number of aryl methyl sites for hydroxylation is 1. The molecule has 2 aliphatic carbocycles. The first-order valence-corrected chi connectivity index (χ1v) is 17.3. The van der Waals surface area contributed by atoms with E-state index in [-0.39, 0.29) is 5.41 Å². The summed E-state index contributed by atoms with van der Waals surface area (Å²) in [4.78, 5) is 2.47. The lowest BCUT2D eigenvalue weighted by atomic mass is 9.82. The summed E-state index contributed by atoms with van der Waals surface area (Å²) in [6.45, 7) is 4.71. The zero-order chi connectivity index (χ0) is 32.7. The quantitative estimate of drug-likeness (QED) is 0.193. The van der Waals surface area contributed by atoms with Crippen molar-refractivity contribution < 1.29 is 4.42 Å². The van der Waals surface area contributed by atoms with Crippen molar-refractivity contribution in [3.05, 3.63) is 168 Å². The number of hydrogen-bond donors (Lipinski definition) is 0. The van der Waals surface area contributed by atoms with Crippen molar-refractivity contribution in [2.24, 2.45) is 0 Å². The van der Waals surface area contributed by atoms with Crippen LogP contribution in [0, 0.1) is 0 Å². The Kier molecular flexibility index (Phi) is 6.08. The monoisotopic (exact) mass is 629 g/mol. The molecule has 10 rings (SSSR count). The molecular weight excluding hydrogens is 595 g/mol. The Morgan fingerprint density at radius 2 is 1.35 bits per heavy atom. The molecule has 8 aromatic rings. The van der Waals surface area contributed by atoms with Gasteiger partial charge >= 0.3 is 0 Å². The molecule has 2 aliphatic rings. The molecule has 0 saturated carbocycles. The van der Waals surface area contributed by atoms with Crippen LogP contribution in [0.4, 0.5) is 17.1 Å². The molecule has 0 fully saturated rings. The second-order valence-corrected chi connectivity index (χ2v) is 14.0. The highest BCUT2D eigenvalue weighted by Crippen LogP contribution is 2.56. The SMILES string of the molecule is CC1(C)c2ccccc2-c2c(N(c3ccccc3-c3ccc4c(c3)C=CCC4)c3cccc4c3oc3ccc5ccccc5c34)cccc21. The van der Waals surface area contributed by atoms with E-state index in [9.17, 15) is 0 Å². The van der Waals surface area contributed by atoms with Crippen LogP contribution in [0.5, 0.6) is 0 Å². The van der Waals surface area contributed by atoms with Crippen molar-refractivity contribution in [2.75, 3.05) is 4.90 Å². The molecule has 0 aliphatic heterocycles. The third-order valence-electron chi connectivity index (χ3n) is 10.9. The highest BCUT2D eigenvalue weighted by Gasteiger charge is 2.38. The van der Waals surface area contributed by atoms with E-state index in [1.165, 1.54) is 55.3 Å². The Hall–Kier alpha value is -5.86. The van der Waals surface area contributed by atoms with Gasteiger partial charge in [-0.3, -0.25) is 0 Å². The number of para-hydroxylation sites is 2. The van der Waals surface area contributed by atoms with Crippen LogP contribution in [-0.2, 0) is 11.8 Å². The maximum Gasteiger partial charge on any atom is 0.159 e. The average molecular weight is 630 g/mol. The van der Waals surface area contributed by atoms with Gasteiger partial charge in [0.15, 0.2) is 5.58 Å². The van der Waals surface area contributed by atoms with Gasteiger partial charge in [-0.1, -0.05) is 135 Å². The number of nitrogens with zero attached hydrogens (tertiary/aromatic N) is 1. The topological polar surface area (TPSA) is 16.4 Å². The highest BCUT2D eigenvalue weighted by molar-refractivity contribution is 6.21. The lowest BCUT2D eigenvalue weighted by molar-refractivity contribution is 0.660. The minimum Gasteiger partial charge on any atom is -0.454 e. The van der Waals surface area contributed by atoms with E-state index in [0.29, 0.717) is 0 Å². The number of benzene rings is 7. The second-order valence-electron chi connectivity index (χ2n) is 14.0. The summed E-state index contributed by atoms with van der Waals surface area (Å²) >= 11 is 0. The summed E-state index contributed by atoms with van der Waals surface area (Å²) in [5, 5.41) is 4.71. The number of allylic oxidation sites excluding steroid dienone is 1. The molecule has 0 N–H and O–H groups in total. The first-order valence-electron chi connectivity index (χ1n) is 17.3. The molecule has 0 unspecified atom stereocenters. The van der Waals surface area contributed by atoms with Crippen LogP contribution in [0.2, 0.25) is 0 Å². The normalized spacial score (nSPS) is 14.2. The fourth-order valence-electron chi connectivity index (χ4n) is 8.55. The number of rotatable bonds is 4. The Morgan fingerprint density at radius 1 is 0.612 bits per heavy atom. The number of hydrogen-bond acceptors (Lipinski definition) is 2. The Balaban J connectivity index is 1.30. The van der Waals surface area contributed by atoms with Gasteiger partial charge in [0.25, 0.3) is 0 Å². The summed E-state index contributed by atoms with van der Waals surface area (Å²) in [5.41, 5.74) is 15.4. The van der Waals surface area contributed by atoms with Crippen LogP contribution >= 0.6 is 0 Å². The molecule has 0 radical (unpaired) electrons. The van der Waals surface area contributed by atoms with Crippen LogP contribution in [0.25, 0.3) is 61.0 Å². The molecule has 2 nitrogen and oxygen atoms in total. The zero-order valence-corrected chi connectivity index (χ0v) is 27.7. The Morgan fingerprint density at radius 3 is 2.29 bits per heavy atom. The Bertz CT molecular complexity index is 2650. The molecular formula is C47H35NO. The van der Waals surface area contributed by atoms with Gasteiger partial charge in [0.2, 0.25) is 0 Å².